The standard InChI is InChI=1S/C16H20N4O2/c1-11-3-4-13(10-17)9-15(11)19-16(22)18-14-5-7-20(8-6-14)12(2)21/h3-4,9,14H,5-8H2,1-2H3,(H2,18,19,22). The fourth-order valence-corrected chi connectivity index (χ4v) is 2.51. The Hall–Kier alpha value is -2.55. The summed E-state index contributed by atoms with van der Waals surface area (Å²) in [7, 11) is 0. The molecule has 0 spiro atoms. The molecule has 0 aliphatic carbocycles. The van der Waals surface area contributed by atoms with Crippen LogP contribution in [0.25, 0.3) is 0 Å². The van der Waals surface area contributed by atoms with Crippen molar-refractivity contribution in [1.82, 2.24) is 10.2 Å². The SMILES string of the molecule is CC(=O)N1CCC(NC(=O)Nc2cc(C#N)ccc2C)CC1. The van der Waals surface area contributed by atoms with Gasteiger partial charge in [0.25, 0.3) is 0 Å². The first kappa shape index (κ1) is 15.8. The monoisotopic (exact) mass is 300 g/mol. The van der Waals surface area contributed by atoms with Gasteiger partial charge in [0.2, 0.25) is 5.91 Å². The van der Waals surface area contributed by atoms with E-state index in [2.05, 4.69) is 16.7 Å². The normalized spacial score (nSPS) is 15.0. The number of hydrogen-bond donors (Lipinski definition) is 2. The fraction of sp³-hybridized carbons (Fsp3) is 0.438. The molecule has 22 heavy (non-hydrogen) atoms. The van der Waals surface area contributed by atoms with Crippen molar-refractivity contribution in [2.24, 2.45) is 0 Å². The van der Waals surface area contributed by atoms with Crippen LogP contribution in [0.2, 0.25) is 0 Å². The highest BCUT2D eigenvalue weighted by Crippen LogP contribution is 2.17. The number of rotatable bonds is 2. The summed E-state index contributed by atoms with van der Waals surface area (Å²) in [6, 6.07) is 7.03. The van der Waals surface area contributed by atoms with Crippen molar-refractivity contribution in [1.29, 1.82) is 5.26 Å². The van der Waals surface area contributed by atoms with Gasteiger partial charge in [0, 0.05) is 31.7 Å². The minimum Gasteiger partial charge on any atom is -0.343 e. The number of hydrogen-bond acceptors (Lipinski definition) is 3. The van der Waals surface area contributed by atoms with Crippen LogP contribution >= 0.6 is 0 Å². The topological polar surface area (TPSA) is 85.2 Å². The summed E-state index contributed by atoms with van der Waals surface area (Å²) in [6.45, 7) is 4.78. The Balaban J connectivity index is 1.89. The molecule has 1 aromatic rings. The smallest absolute Gasteiger partial charge is 0.319 e. The number of anilines is 1. The summed E-state index contributed by atoms with van der Waals surface area (Å²) < 4.78 is 0. The van der Waals surface area contributed by atoms with Gasteiger partial charge in [-0.05, 0) is 37.5 Å². The quantitative estimate of drug-likeness (QED) is 0.876. The molecule has 1 heterocycles. The molecule has 0 unspecified atom stereocenters. The molecule has 2 N–H and O–H groups in total. The van der Waals surface area contributed by atoms with E-state index < -0.39 is 0 Å². The van der Waals surface area contributed by atoms with Crippen molar-refractivity contribution in [2.75, 3.05) is 18.4 Å². The maximum Gasteiger partial charge on any atom is 0.319 e. The average Bonchev–Trinajstić information content (AvgIpc) is 2.50. The zero-order valence-electron chi connectivity index (χ0n) is 12.8. The van der Waals surface area contributed by atoms with E-state index in [4.69, 9.17) is 5.26 Å². The van der Waals surface area contributed by atoms with Crippen LogP contribution in [0.15, 0.2) is 18.2 Å². The lowest BCUT2D eigenvalue weighted by molar-refractivity contribution is -0.129. The van der Waals surface area contributed by atoms with Crippen LogP contribution < -0.4 is 10.6 Å². The number of carbonyl (C=O) groups excluding carboxylic acids is 2. The molecule has 1 fully saturated rings. The Kier molecular flexibility index (Phi) is 4.99. The molecule has 1 saturated heterocycles. The van der Waals surface area contributed by atoms with Crippen LogP contribution in [0.5, 0.6) is 0 Å². The third-order valence-electron chi connectivity index (χ3n) is 3.89. The Morgan fingerprint density at radius 3 is 2.59 bits per heavy atom. The van der Waals surface area contributed by atoms with Gasteiger partial charge in [-0.3, -0.25) is 4.79 Å². The van der Waals surface area contributed by atoms with Crippen LogP contribution in [0.3, 0.4) is 0 Å². The second kappa shape index (κ2) is 6.94. The van der Waals surface area contributed by atoms with E-state index in [9.17, 15) is 9.59 Å². The molecule has 116 valence electrons. The Morgan fingerprint density at radius 1 is 1.32 bits per heavy atom. The second-order valence-corrected chi connectivity index (χ2v) is 5.52. The summed E-state index contributed by atoms with van der Waals surface area (Å²) >= 11 is 0. The summed E-state index contributed by atoms with van der Waals surface area (Å²) in [5.74, 6) is 0.0758. The average molecular weight is 300 g/mol. The van der Waals surface area contributed by atoms with Gasteiger partial charge in [0.05, 0.1) is 11.6 Å². The first-order valence-corrected chi connectivity index (χ1v) is 7.33. The molecule has 0 bridgehead atoms. The van der Waals surface area contributed by atoms with E-state index in [-0.39, 0.29) is 18.0 Å². The minimum atomic E-state index is -0.278. The predicted molar refractivity (Wildman–Crippen MR) is 83.3 cm³/mol. The summed E-state index contributed by atoms with van der Waals surface area (Å²) in [5.41, 5.74) is 2.05. The summed E-state index contributed by atoms with van der Waals surface area (Å²) in [4.78, 5) is 25.1. The number of piperidine rings is 1. The Bertz CT molecular complexity index is 613. The summed E-state index contributed by atoms with van der Waals surface area (Å²) in [6.07, 6.45) is 1.51. The molecule has 1 aliphatic heterocycles. The zero-order valence-corrected chi connectivity index (χ0v) is 12.8. The van der Waals surface area contributed by atoms with E-state index in [1.165, 1.54) is 0 Å². The molecule has 6 nitrogen and oxygen atoms in total. The highest BCUT2D eigenvalue weighted by molar-refractivity contribution is 5.90. The third kappa shape index (κ3) is 3.98. The van der Waals surface area contributed by atoms with E-state index in [0.717, 1.165) is 18.4 Å². The number of amides is 3. The van der Waals surface area contributed by atoms with Gasteiger partial charge in [-0.25, -0.2) is 4.79 Å². The van der Waals surface area contributed by atoms with Crippen molar-refractivity contribution >= 4 is 17.6 Å². The van der Waals surface area contributed by atoms with Crippen LogP contribution in [-0.4, -0.2) is 36.0 Å². The van der Waals surface area contributed by atoms with Crippen molar-refractivity contribution in [3.05, 3.63) is 29.3 Å². The van der Waals surface area contributed by atoms with E-state index in [1.54, 1.807) is 30.0 Å². The predicted octanol–water partition coefficient (Wildman–Crippen LogP) is 2.00. The highest BCUT2D eigenvalue weighted by Gasteiger charge is 2.22. The van der Waals surface area contributed by atoms with Gasteiger partial charge in [-0.2, -0.15) is 5.26 Å². The lowest BCUT2D eigenvalue weighted by Crippen LogP contribution is -2.47. The molecule has 1 aromatic carbocycles. The van der Waals surface area contributed by atoms with Crippen molar-refractivity contribution in [3.8, 4) is 6.07 Å². The maximum atomic E-state index is 12.1. The lowest BCUT2D eigenvalue weighted by atomic mass is 10.1. The van der Waals surface area contributed by atoms with E-state index in [1.807, 2.05) is 6.92 Å². The van der Waals surface area contributed by atoms with Gasteiger partial charge >= 0.3 is 6.03 Å². The van der Waals surface area contributed by atoms with Crippen LogP contribution in [0.4, 0.5) is 10.5 Å². The number of likely N-dealkylation sites (tertiary alicyclic amines) is 1. The molecule has 2 rings (SSSR count). The van der Waals surface area contributed by atoms with Crippen molar-refractivity contribution in [2.45, 2.75) is 32.7 Å². The number of carbonyl (C=O) groups is 2. The minimum absolute atomic E-state index is 0.0649. The number of nitriles is 1. The first-order valence-electron chi connectivity index (χ1n) is 7.33. The van der Waals surface area contributed by atoms with Gasteiger partial charge in [0.15, 0.2) is 0 Å². The van der Waals surface area contributed by atoms with Gasteiger partial charge in [-0.1, -0.05) is 6.07 Å². The summed E-state index contributed by atoms with van der Waals surface area (Å²) in [5, 5.41) is 14.6. The number of aryl methyl sites for hydroxylation is 1. The molecule has 0 radical (unpaired) electrons. The van der Waals surface area contributed by atoms with Crippen LogP contribution in [0.1, 0.15) is 30.9 Å². The van der Waals surface area contributed by atoms with E-state index in [0.29, 0.717) is 24.3 Å². The number of nitrogens with zero attached hydrogens (tertiary/aromatic N) is 2. The van der Waals surface area contributed by atoms with Crippen LogP contribution in [0, 0.1) is 18.3 Å². The Morgan fingerprint density at radius 2 is 2.00 bits per heavy atom. The van der Waals surface area contributed by atoms with Gasteiger partial charge in [0.1, 0.15) is 0 Å². The lowest BCUT2D eigenvalue weighted by Gasteiger charge is -2.31. The molecule has 0 aromatic heterocycles. The highest BCUT2D eigenvalue weighted by atomic mass is 16.2. The number of nitrogens with one attached hydrogen (secondary N) is 2. The van der Waals surface area contributed by atoms with Crippen molar-refractivity contribution in [3.63, 3.8) is 0 Å². The van der Waals surface area contributed by atoms with Crippen LogP contribution in [-0.2, 0) is 4.79 Å². The molecule has 6 heteroatoms. The fourth-order valence-electron chi connectivity index (χ4n) is 2.51. The van der Waals surface area contributed by atoms with Gasteiger partial charge in [-0.15, -0.1) is 0 Å². The molecular formula is C16H20N4O2. The van der Waals surface area contributed by atoms with Crippen molar-refractivity contribution < 1.29 is 9.59 Å². The third-order valence-corrected chi connectivity index (χ3v) is 3.89. The molecule has 1 aliphatic rings. The molecule has 3 amide bonds. The Labute approximate surface area is 130 Å². The molecule has 0 atom stereocenters. The molecule has 0 saturated carbocycles. The number of urea groups is 1. The second-order valence-electron chi connectivity index (χ2n) is 5.52. The van der Waals surface area contributed by atoms with E-state index >= 15 is 0 Å². The maximum absolute atomic E-state index is 12.1. The number of benzene rings is 1. The first-order chi connectivity index (χ1) is 10.5. The zero-order chi connectivity index (χ0) is 16.1. The van der Waals surface area contributed by atoms with Gasteiger partial charge < -0.3 is 15.5 Å². The largest absolute Gasteiger partial charge is 0.343 e. The molecular weight excluding hydrogens is 280 g/mol.